The van der Waals surface area contributed by atoms with Crippen molar-refractivity contribution in [1.29, 1.82) is 0 Å². The molecule has 0 saturated carbocycles. The fourth-order valence-corrected chi connectivity index (χ4v) is 6.71. The Kier molecular flexibility index (Phi) is 6.74. The van der Waals surface area contributed by atoms with E-state index in [1.165, 1.54) is 16.8 Å². The molecule has 0 aliphatic rings. The minimum atomic E-state index is 0. The molecule has 6 heteroatoms. The van der Waals surface area contributed by atoms with Gasteiger partial charge in [0.05, 0.1) is 23.0 Å². The van der Waals surface area contributed by atoms with Crippen molar-refractivity contribution < 1.29 is 25.8 Å². The summed E-state index contributed by atoms with van der Waals surface area (Å²) in [6, 6.07) is 44.6. The molecule has 0 saturated heterocycles. The summed E-state index contributed by atoms with van der Waals surface area (Å²) in [5.41, 5.74) is 7.59. The van der Waals surface area contributed by atoms with Gasteiger partial charge in [0.15, 0.2) is 0 Å². The van der Waals surface area contributed by atoms with Crippen molar-refractivity contribution in [2.75, 3.05) is 0 Å². The van der Waals surface area contributed by atoms with E-state index in [1.54, 1.807) is 0 Å². The zero-order valence-corrected chi connectivity index (χ0v) is 27.3. The van der Waals surface area contributed by atoms with E-state index in [4.69, 9.17) is 9.72 Å². The van der Waals surface area contributed by atoms with Gasteiger partial charge in [-0.25, -0.2) is 9.97 Å². The van der Waals surface area contributed by atoms with Crippen molar-refractivity contribution in [3.63, 3.8) is 0 Å². The zero-order chi connectivity index (χ0) is 30.1. The Morgan fingerprint density at radius 2 is 1.37 bits per heavy atom. The predicted molar refractivity (Wildman–Crippen MR) is 182 cm³/mol. The first-order valence-corrected chi connectivity index (χ1v) is 15.0. The molecular weight excluding hydrogens is 748 g/mol. The number of ether oxygens (including phenoxy) is 1. The Hall–Kier alpha value is -5.25. The van der Waals surface area contributed by atoms with Gasteiger partial charge in [0.25, 0.3) is 0 Å². The molecule has 0 atom stereocenters. The topological polar surface area (TPSA) is 44.9 Å². The maximum absolute atomic E-state index is 6.48. The molecule has 9 rings (SSSR count). The van der Waals surface area contributed by atoms with Gasteiger partial charge in [-0.2, -0.15) is 6.07 Å². The summed E-state index contributed by atoms with van der Waals surface area (Å²) >= 11 is 0. The van der Waals surface area contributed by atoms with Gasteiger partial charge in [-0.1, -0.05) is 83.0 Å². The Balaban J connectivity index is 0.00000312. The molecule has 0 unspecified atom stereocenters. The van der Waals surface area contributed by atoms with Crippen molar-refractivity contribution in [3.8, 4) is 23.0 Å². The third kappa shape index (κ3) is 4.34. The normalized spacial score (nSPS) is 11.5. The summed E-state index contributed by atoms with van der Waals surface area (Å²) in [4.78, 5) is 9.59. The van der Waals surface area contributed by atoms with Gasteiger partial charge in [-0.3, -0.25) is 4.57 Å². The number of hydrogen-bond donors (Lipinski definition) is 0. The number of aromatic nitrogens is 4. The van der Waals surface area contributed by atoms with Crippen LogP contribution in [0.1, 0.15) is 11.1 Å². The minimum Gasteiger partial charge on any atom is -0.503 e. The Morgan fingerprint density at radius 3 is 2.22 bits per heavy atom. The maximum atomic E-state index is 6.48. The average Bonchev–Trinajstić information content (AvgIpc) is 3.64. The van der Waals surface area contributed by atoms with Gasteiger partial charge >= 0.3 is 21.1 Å². The second kappa shape index (κ2) is 11.0. The van der Waals surface area contributed by atoms with E-state index in [0.717, 1.165) is 60.2 Å². The summed E-state index contributed by atoms with van der Waals surface area (Å²) in [7, 11) is 0. The summed E-state index contributed by atoms with van der Waals surface area (Å²) in [5.74, 6) is 2.07. The quantitative estimate of drug-likeness (QED) is 0.132. The molecule has 222 valence electrons. The van der Waals surface area contributed by atoms with Crippen LogP contribution in [-0.2, 0) is 21.1 Å². The van der Waals surface area contributed by atoms with Crippen LogP contribution in [0.15, 0.2) is 122 Å². The van der Waals surface area contributed by atoms with Crippen molar-refractivity contribution in [2.45, 2.75) is 13.8 Å². The van der Waals surface area contributed by atoms with Gasteiger partial charge in [0.2, 0.25) is 0 Å². The first-order valence-electron chi connectivity index (χ1n) is 15.0. The van der Waals surface area contributed by atoms with Crippen LogP contribution in [0.2, 0.25) is 0 Å². The summed E-state index contributed by atoms with van der Waals surface area (Å²) in [6.07, 6.45) is 3.75. The average molecular weight is 774 g/mol. The van der Waals surface area contributed by atoms with Gasteiger partial charge in [-0.15, -0.1) is 40.4 Å². The second-order valence-corrected chi connectivity index (χ2v) is 11.5. The number of nitrogens with zero attached hydrogens (tertiary/aromatic N) is 4. The molecule has 0 bridgehead atoms. The van der Waals surface area contributed by atoms with E-state index < -0.39 is 0 Å². The number of pyridine rings is 1. The molecule has 6 aromatic carbocycles. The van der Waals surface area contributed by atoms with Gasteiger partial charge in [0, 0.05) is 23.2 Å². The number of imidazole rings is 1. The van der Waals surface area contributed by atoms with Crippen LogP contribution >= 0.6 is 0 Å². The van der Waals surface area contributed by atoms with Crippen LogP contribution in [-0.4, -0.2) is 19.1 Å². The zero-order valence-electron chi connectivity index (χ0n) is 25.1. The number of aryl methyl sites for hydroxylation is 2. The number of fused-ring (bicyclic) bond motifs is 8. The monoisotopic (exact) mass is 773 g/mol. The number of rotatable bonds is 4. The SMILES string of the molecule is Cc1cccc(C)c1-n1cnc2c3c(ccc4ccc(Oc5[c-]c6c(cc5)c5ccccc5n6-c5ccccn5)[c-]c43)ccc21.[Pt+2]. The molecule has 0 amide bonds. The molecule has 5 nitrogen and oxygen atoms in total. The van der Waals surface area contributed by atoms with E-state index in [0.29, 0.717) is 11.5 Å². The molecule has 3 heterocycles. The third-order valence-corrected chi connectivity index (χ3v) is 8.73. The van der Waals surface area contributed by atoms with Crippen LogP contribution in [0.3, 0.4) is 0 Å². The summed E-state index contributed by atoms with van der Waals surface area (Å²) in [6.45, 7) is 4.29. The minimum absolute atomic E-state index is 0. The van der Waals surface area contributed by atoms with Crippen molar-refractivity contribution in [3.05, 3.63) is 145 Å². The molecule has 0 radical (unpaired) electrons. The molecule has 0 N–H and O–H groups in total. The van der Waals surface area contributed by atoms with Crippen LogP contribution in [0.25, 0.3) is 65.9 Å². The molecule has 0 fully saturated rings. The van der Waals surface area contributed by atoms with Crippen LogP contribution < -0.4 is 4.74 Å². The van der Waals surface area contributed by atoms with Gasteiger partial charge in [-0.05, 0) is 54.6 Å². The molecule has 0 spiro atoms. The smallest absolute Gasteiger partial charge is 0.503 e. The van der Waals surface area contributed by atoms with Crippen molar-refractivity contribution in [1.82, 2.24) is 19.1 Å². The number of para-hydroxylation sites is 2. The molecule has 0 aliphatic heterocycles. The largest absolute Gasteiger partial charge is 2.00 e. The summed E-state index contributed by atoms with van der Waals surface area (Å²) < 4.78 is 10.8. The molecule has 3 aromatic heterocycles. The third-order valence-electron chi connectivity index (χ3n) is 8.73. The maximum Gasteiger partial charge on any atom is 2.00 e. The Labute approximate surface area is 280 Å². The van der Waals surface area contributed by atoms with Crippen molar-refractivity contribution >= 4 is 54.4 Å². The molecule has 9 aromatic rings. The molecule has 46 heavy (non-hydrogen) atoms. The first-order chi connectivity index (χ1) is 22.1. The number of benzene rings is 6. The Morgan fingerprint density at radius 1 is 0.630 bits per heavy atom. The first kappa shape index (κ1) is 28.2. The molecular formula is C40H26N4OPt. The van der Waals surface area contributed by atoms with E-state index in [9.17, 15) is 0 Å². The van der Waals surface area contributed by atoms with Crippen LogP contribution in [0.4, 0.5) is 0 Å². The van der Waals surface area contributed by atoms with Crippen molar-refractivity contribution in [2.24, 2.45) is 0 Å². The van der Waals surface area contributed by atoms with E-state index in [1.807, 2.05) is 42.9 Å². The van der Waals surface area contributed by atoms with Crippen LogP contribution in [0.5, 0.6) is 11.5 Å². The predicted octanol–water partition coefficient (Wildman–Crippen LogP) is 9.83. The molecule has 0 aliphatic carbocycles. The van der Waals surface area contributed by atoms with E-state index in [-0.39, 0.29) is 21.1 Å². The van der Waals surface area contributed by atoms with Crippen LogP contribution in [0, 0.1) is 26.0 Å². The van der Waals surface area contributed by atoms with E-state index in [2.05, 4.69) is 119 Å². The van der Waals surface area contributed by atoms with E-state index >= 15 is 0 Å². The second-order valence-electron chi connectivity index (χ2n) is 11.5. The van der Waals surface area contributed by atoms with Gasteiger partial charge < -0.3 is 9.30 Å². The number of hydrogen-bond acceptors (Lipinski definition) is 3. The standard InChI is InChI=1S/C40H26N4O.Pt/c1-25-8-7-9-26(2)40(25)43-24-42-39-35(43)20-16-28-14-13-27-15-17-29(22-33(27)38(28)39)45-30-18-19-32-31-10-3-4-11-34(31)44(36(32)23-30)37-12-5-6-21-41-37;/h3-21,24H,1-2H3;/q-2;+2. The fraction of sp³-hybridized carbons (Fsp3) is 0.0500. The van der Waals surface area contributed by atoms with Gasteiger partial charge in [0.1, 0.15) is 5.82 Å². The Bertz CT molecular complexity index is 2580. The fourth-order valence-electron chi connectivity index (χ4n) is 6.71. The summed E-state index contributed by atoms with van der Waals surface area (Å²) in [5, 5.41) is 6.48.